The van der Waals surface area contributed by atoms with E-state index in [0.717, 1.165) is 6.54 Å². The maximum Gasteiger partial charge on any atom is 0.0930 e. The van der Waals surface area contributed by atoms with Crippen LogP contribution in [0.15, 0.2) is 0 Å². The molecule has 1 rings (SSSR count). The van der Waals surface area contributed by atoms with Gasteiger partial charge in [-0.1, -0.05) is 0 Å². The highest BCUT2D eigenvalue weighted by molar-refractivity contribution is 4.71. The first-order valence-corrected chi connectivity index (χ1v) is 3.28. The summed E-state index contributed by atoms with van der Waals surface area (Å²) in [5, 5.41) is 11.8. The summed E-state index contributed by atoms with van der Waals surface area (Å²) in [6.45, 7) is 3.68. The van der Waals surface area contributed by atoms with E-state index in [1.54, 1.807) is 0 Å². The van der Waals surface area contributed by atoms with Crippen molar-refractivity contribution in [2.24, 2.45) is 0 Å². The van der Waals surface area contributed by atoms with Crippen molar-refractivity contribution in [3.05, 3.63) is 0 Å². The summed E-state index contributed by atoms with van der Waals surface area (Å²) in [6, 6.07) is 0.438. The zero-order chi connectivity index (χ0) is 6.69. The fourth-order valence-corrected chi connectivity index (χ4v) is 0.848. The lowest BCUT2D eigenvalue weighted by Crippen LogP contribution is -2.46. The number of nitrogens with one attached hydrogen (secondary N) is 1. The maximum atomic E-state index is 8.61. The van der Waals surface area contributed by atoms with Crippen LogP contribution in [0, 0.1) is 0 Å². The van der Waals surface area contributed by atoms with Gasteiger partial charge < -0.3 is 15.2 Å². The molecular weight excluding hydrogens is 118 g/mol. The van der Waals surface area contributed by atoms with E-state index in [-0.39, 0.29) is 12.7 Å². The predicted molar refractivity (Wildman–Crippen MR) is 34.3 cm³/mol. The van der Waals surface area contributed by atoms with Gasteiger partial charge >= 0.3 is 0 Å². The van der Waals surface area contributed by atoms with E-state index in [1.165, 1.54) is 0 Å². The highest BCUT2D eigenvalue weighted by Crippen LogP contribution is 1.98. The number of hydrogen-bond acceptors (Lipinski definition) is 3. The zero-order valence-electron chi connectivity index (χ0n) is 5.63. The molecule has 1 aliphatic heterocycles. The van der Waals surface area contributed by atoms with Gasteiger partial charge in [-0.05, 0) is 6.92 Å². The Labute approximate surface area is 55.0 Å². The highest BCUT2D eigenvalue weighted by atomic mass is 16.5. The van der Waals surface area contributed by atoms with Gasteiger partial charge in [0.25, 0.3) is 0 Å². The van der Waals surface area contributed by atoms with Gasteiger partial charge in [-0.15, -0.1) is 0 Å². The standard InChI is InChI=1S/C6H13NO2/c1-5-4-9-6(3-8)2-7-5/h5-8H,2-4H2,1H3/t5-,6-/m1/s1. The van der Waals surface area contributed by atoms with Crippen LogP contribution in [0.3, 0.4) is 0 Å². The van der Waals surface area contributed by atoms with Gasteiger partial charge in [0.05, 0.1) is 19.3 Å². The Morgan fingerprint density at radius 2 is 2.56 bits per heavy atom. The van der Waals surface area contributed by atoms with Gasteiger partial charge in [-0.3, -0.25) is 0 Å². The molecule has 9 heavy (non-hydrogen) atoms. The summed E-state index contributed by atoms with van der Waals surface area (Å²) in [6.07, 6.45) is 0.0150. The van der Waals surface area contributed by atoms with E-state index < -0.39 is 0 Å². The van der Waals surface area contributed by atoms with Crippen molar-refractivity contribution < 1.29 is 9.84 Å². The van der Waals surface area contributed by atoms with Crippen molar-refractivity contribution >= 4 is 0 Å². The van der Waals surface area contributed by atoms with Gasteiger partial charge in [-0.2, -0.15) is 0 Å². The minimum Gasteiger partial charge on any atom is -0.394 e. The van der Waals surface area contributed by atoms with Crippen LogP contribution in [0.25, 0.3) is 0 Å². The summed E-state index contributed by atoms with van der Waals surface area (Å²) in [4.78, 5) is 0. The van der Waals surface area contributed by atoms with Crippen molar-refractivity contribution in [1.82, 2.24) is 5.32 Å². The van der Waals surface area contributed by atoms with Crippen LogP contribution in [0.1, 0.15) is 6.92 Å². The molecule has 1 heterocycles. The molecule has 2 N–H and O–H groups in total. The molecule has 1 aliphatic rings. The van der Waals surface area contributed by atoms with E-state index in [2.05, 4.69) is 12.2 Å². The van der Waals surface area contributed by atoms with Crippen molar-refractivity contribution in [1.29, 1.82) is 0 Å². The minimum atomic E-state index is 0.0150. The van der Waals surface area contributed by atoms with Gasteiger partial charge in [0.15, 0.2) is 0 Å². The number of aliphatic hydroxyl groups excluding tert-OH is 1. The Morgan fingerprint density at radius 3 is 3.00 bits per heavy atom. The van der Waals surface area contributed by atoms with E-state index in [1.807, 2.05) is 0 Å². The average Bonchev–Trinajstić information content (AvgIpc) is 1.90. The van der Waals surface area contributed by atoms with E-state index in [9.17, 15) is 0 Å². The highest BCUT2D eigenvalue weighted by Gasteiger charge is 2.15. The Kier molecular flexibility index (Phi) is 2.45. The van der Waals surface area contributed by atoms with Crippen LogP contribution in [0.5, 0.6) is 0 Å². The summed E-state index contributed by atoms with van der Waals surface area (Å²) < 4.78 is 5.23. The fraction of sp³-hybridized carbons (Fsp3) is 1.00. The molecule has 0 spiro atoms. The molecule has 0 amide bonds. The van der Waals surface area contributed by atoms with Crippen molar-refractivity contribution in [3.63, 3.8) is 0 Å². The first-order valence-electron chi connectivity index (χ1n) is 3.28. The molecule has 54 valence electrons. The second-order valence-corrected chi connectivity index (χ2v) is 2.45. The minimum absolute atomic E-state index is 0.0150. The van der Waals surface area contributed by atoms with Gasteiger partial charge in [0.1, 0.15) is 0 Å². The third kappa shape index (κ3) is 1.93. The largest absolute Gasteiger partial charge is 0.394 e. The molecule has 2 atom stereocenters. The summed E-state index contributed by atoms with van der Waals surface area (Å²) in [5.74, 6) is 0. The molecule has 1 fully saturated rings. The van der Waals surface area contributed by atoms with Crippen LogP contribution >= 0.6 is 0 Å². The first-order chi connectivity index (χ1) is 4.33. The Morgan fingerprint density at radius 1 is 1.78 bits per heavy atom. The molecule has 0 aromatic carbocycles. The number of morpholine rings is 1. The summed E-state index contributed by atoms with van der Waals surface area (Å²) >= 11 is 0. The summed E-state index contributed by atoms with van der Waals surface area (Å²) in [5.41, 5.74) is 0. The smallest absolute Gasteiger partial charge is 0.0930 e. The molecular formula is C6H13NO2. The molecule has 0 bridgehead atoms. The monoisotopic (exact) mass is 131 g/mol. The zero-order valence-corrected chi connectivity index (χ0v) is 5.63. The molecule has 3 heteroatoms. The Hall–Kier alpha value is -0.120. The number of aliphatic hydroxyl groups is 1. The lowest BCUT2D eigenvalue weighted by molar-refractivity contribution is -0.0222. The van der Waals surface area contributed by atoms with Gasteiger partial charge in [0.2, 0.25) is 0 Å². The lowest BCUT2D eigenvalue weighted by atomic mass is 10.2. The first kappa shape index (κ1) is 6.99. The maximum absolute atomic E-state index is 8.61. The normalized spacial score (nSPS) is 36.7. The van der Waals surface area contributed by atoms with Crippen LogP contribution < -0.4 is 5.32 Å². The second-order valence-electron chi connectivity index (χ2n) is 2.45. The average molecular weight is 131 g/mol. The third-order valence-electron chi connectivity index (χ3n) is 1.48. The Bertz CT molecular complexity index is 79.1. The fourth-order valence-electron chi connectivity index (χ4n) is 0.848. The molecule has 0 aliphatic carbocycles. The predicted octanol–water partition coefficient (Wildman–Crippen LogP) is -0.644. The van der Waals surface area contributed by atoms with Crippen molar-refractivity contribution in [2.75, 3.05) is 19.8 Å². The lowest BCUT2D eigenvalue weighted by Gasteiger charge is -2.26. The number of rotatable bonds is 1. The molecule has 1 saturated heterocycles. The van der Waals surface area contributed by atoms with Crippen LogP contribution in [-0.2, 0) is 4.74 Å². The number of ether oxygens (including phenoxy) is 1. The van der Waals surface area contributed by atoms with E-state index >= 15 is 0 Å². The van der Waals surface area contributed by atoms with Crippen LogP contribution in [0.4, 0.5) is 0 Å². The topological polar surface area (TPSA) is 41.5 Å². The molecule has 0 unspecified atom stereocenters. The van der Waals surface area contributed by atoms with E-state index in [0.29, 0.717) is 12.6 Å². The van der Waals surface area contributed by atoms with Crippen molar-refractivity contribution in [3.8, 4) is 0 Å². The molecule has 0 saturated carbocycles. The molecule has 0 aromatic rings. The molecule has 3 nitrogen and oxygen atoms in total. The van der Waals surface area contributed by atoms with E-state index in [4.69, 9.17) is 9.84 Å². The Balaban J connectivity index is 2.18. The van der Waals surface area contributed by atoms with Crippen molar-refractivity contribution in [2.45, 2.75) is 19.1 Å². The van der Waals surface area contributed by atoms with Crippen LogP contribution in [-0.4, -0.2) is 37.0 Å². The summed E-state index contributed by atoms with van der Waals surface area (Å²) in [7, 11) is 0. The van der Waals surface area contributed by atoms with Gasteiger partial charge in [-0.25, -0.2) is 0 Å². The quantitative estimate of drug-likeness (QED) is 0.497. The number of hydrogen-bond donors (Lipinski definition) is 2. The SMILES string of the molecule is C[C@@H]1CO[C@@H](CO)CN1. The second kappa shape index (κ2) is 3.15. The van der Waals surface area contributed by atoms with Gasteiger partial charge in [0, 0.05) is 12.6 Å². The molecule has 0 aromatic heterocycles. The van der Waals surface area contributed by atoms with Crippen LogP contribution in [0.2, 0.25) is 0 Å². The molecule has 0 radical (unpaired) electrons. The third-order valence-corrected chi connectivity index (χ3v) is 1.48.